The number of aromatic nitrogens is 2. The largest absolute Gasteiger partial charge is 0.478 e. The van der Waals surface area contributed by atoms with Crippen LogP contribution < -0.4 is 0 Å². The Bertz CT molecular complexity index is 848. The molecule has 0 radical (unpaired) electrons. The number of aryl methyl sites for hydroxylation is 2. The van der Waals surface area contributed by atoms with Crippen molar-refractivity contribution < 1.29 is 9.90 Å². The van der Waals surface area contributed by atoms with Crippen molar-refractivity contribution in [1.29, 1.82) is 0 Å². The Balaban J connectivity index is 2.35. The molecule has 106 valence electrons. The second-order valence-electron chi connectivity index (χ2n) is 4.96. The first-order valence-electron chi connectivity index (χ1n) is 6.46. The van der Waals surface area contributed by atoms with Crippen LogP contribution in [0.3, 0.4) is 0 Å². The van der Waals surface area contributed by atoms with E-state index in [-0.39, 0.29) is 5.56 Å². The number of para-hydroxylation sites is 1. The number of carboxylic acid groups (broad SMARTS) is 1. The number of hydrogen-bond acceptors (Lipinski definition) is 2. The zero-order chi connectivity index (χ0) is 15.1. The van der Waals surface area contributed by atoms with Crippen molar-refractivity contribution in [1.82, 2.24) is 9.55 Å². The van der Waals surface area contributed by atoms with E-state index in [2.05, 4.69) is 20.9 Å². The lowest BCUT2D eigenvalue weighted by Gasteiger charge is -2.09. The maximum Gasteiger partial charge on any atom is 0.337 e. The Hall–Kier alpha value is -2.14. The Morgan fingerprint density at radius 1 is 1.24 bits per heavy atom. The number of imidazole rings is 1. The normalized spacial score (nSPS) is 11.0. The van der Waals surface area contributed by atoms with Crippen LogP contribution in [-0.2, 0) is 0 Å². The van der Waals surface area contributed by atoms with Crippen LogP contribution >= 0.6 is 15.9 Å². The van der Waals surface area contributed by atoms with Crippen molar-refractivity contribution in [2.45, 2.75) is 13.8 Å². The molecule has 0 atom stereocenters. The van der Waals surface area contributed by atoms with E-state index in [0.717, 1.165) is 27.1 Å². The summed E-state index contributed by atoms with van der Waals surface area (Å²) in [5, 5.41) is 9.29. The van der Waals surface area contributed by atoms with E-state index >= 15 is 0 Å². The summed E-state index contributed by atoms with van der Waals surface area (Å²) >= 11 is 3.50. The van der Waals surface area contributed by atoms with Crippen molar-refractivity contribution in [3.63, 3.8) is 0 Å². The predicted molar refractivity (Wildman–Crippen MR) is 85.2 cm³/mol. The first kappa shape index (κ1) is 13.8. The molecule has 1 N–H and O–H groups in total. The highest BCUT2D eigenvalue weighted by atomic mass is 79.9. The van der Waals surface area contributed by atoms with E-state index in [4.69, 9.17) is 0 Å². The van der Waals surface area contributed by atoms with Gasteiger partial charge in [-0.05, 0) is 49.7 Å². The maximum atomic E-state index is 11.3. The molecule has 1 aromatic heterocycles. The zero-order valence-electron chi connectivity index (χ0n) is 11.6. The third kappa shape index (κ3) is 2.34. The molecule has 0 aliphatic carbocycles. The van der Waals surface area contributed by atoms with Crippen LogP contribution in [0.1, 0.15) is 21.7 Å². The molecule has 0 aliphatic heterocycles. The third-order valence-corrected chi connectivity index (χ3v) is 3.83. The van der Waals surface area contributed by atoms with Gasteiger partial charge in [-0.3, -0.25) is 4.57 Å². The quantitative estimate of drug-likeness (QED) is 0.761. The van der Waals surface area contributed by atoms with Gasteiger partial charge in [-0.1, -0.05) is 22.0 Å². The minimum Gasteiger partial charge on any atom is -0.478 e. The van der Waals surface area contributed by atoms with Gasteiger partial charge in [0.05, 0.1) is 11.1 Å². The zero-order valence-corrected chi connectivity index (χ0v) is 13.2. The number of carbonyl (C=O) groups is 1. The molecule has 4 nitrogen and oxygen atoms in total. The lowest BCUT2D eigenvalue weighted by atomic mass is 10.1. The molecule has 0 saturated carbocycles. The number of aromatic carboxylic acids is 1. The van der Waals surface area contributed by atoms with Gasteiger partial charge in [0.2, 0.25) is 0 Å². The molecular weight excluding hydrogens is 332 g/mol. The standard InChI is InChI=1S/C16H13BrN2O2/c1-9-6-11(17)8-12(7-9)19-10(2)18-15-13(16(20)21)4-3-5-14(15)19/h3-8H,1-2H3,(H,20,21). The van der Waals surface area contributed by atoms with E-state index in [0.29, 0.717) is 5.52 Å². The number of fused-ring (bicyclic) bond motifs is 1. The van der Waals surface area contributed by atoms with Gasteiger partial charge in [0, 0.05) is 10.2 Å². The molecular formula is C16H13BrN2O2. The Morgan fingerprint density at radius 2 is 2.00 bits per heavy atom. The second-order valence-corrected chi connectivity index (χ2v) is 5.88. The third-order valence-electron chi connectivity index (χ3n) is 3.37. The summed E-state index contributed by atoms with van der Waals surface area (Å²) in [7, 11) is 0. The lowest BCUT2D eigenvalue weighted by Crippen LogP contribution is -1.99. The minimum atomic E-state index is -0.962. The summed E-state index contributed by atoms with van der Waals surface area (Å²) < 4.78 is 2.95. The Morgan fingerprint density at radius 3 is 2.67 bits per heavy atom. The van der Waals surface area contributed by atoms with E-state index < -0.39 is 5.97 Å². The minimum absolute atomic E-state index is 0.223. The van der Waals surface area contributed by atoms with Gasteiger partial charge in [-0.25, -0.2) is 9.78 Å². The molecule has 0 fully saturated rings. The van der Waals surface area contributed by atoms with Crippen LogP contribution in [0.4, 0.5) is 0 Å². The fourth-order valence-electron chi connectivity index (χ4n) is 2.56. The fourth-order valence-corrected chi connectivity index (χ4v) is 3.16. The van der Waals surface area contributed by atoms with Gasteiger partial charge < -0.3 is 5.11 Å². The van der Waals surface area contributed by atoms with E-state index in [1.165, 1.54) is 0 Å². The van der Waals surface area contributed by atoms with Crippen molar-refractivity contribution in [2.75, 3.05) is 0 Å². The summed E-state index contributed by atoms with van der Waals surface area (Å²) in [5.74, 6) is -0.202. The highest BCUT2D eigenvalue weighted by Crippen LogP contribution is 2.26. The van der Waals surface area contributed by atoms with Gasteiger partial charge in [0.25, 0.3) is 0 Å². The highest BCUT2D eigenvalue weighted by molar-refractivity contribution is 9.10. The molecule has 21 heavy (non-hydrogen) atoms. The summed E-state index contributed by atoms with van der Waals surface area (Å²) in [6, 6.07) is 11.3. The van der Waals surface area contributed by atoms with Crippen LogP contribution in [0.25, 0.3) is 16.7 Å². The molecule has 0 bridgehead atoms. The molecule has 3 aromatic rings. The molecule has 3 rings (SSSR count). The number of rotatable bonds is 2. The summed E-state index contributed by atoms with van der Waals surface area (Å²) in [6.45, 7) is 3.90. The average Bonchev–Trinajstić information content (AvgIpc) is 2.72. The molecule has 0 spiro atoms. The van der Waals surface area contributed by atoms with Gasteiger partial charge in [-0.15, -0.1) is 0 Å². The molecule has 5 heteroatoms. The van der Waals surface area contributed by atoms with Crippen molar-refractivity contribution in [2.24, 2.45) is 0 Å². The average molecular weight is 345 g/mol. The number of nitrogens with zero attached hydrogens (tertiary/aromatic N) is 2. The maximum absolute atomic E-state index is 11.3. The Labute approximate surface area is 130 Å². The Kier molecular flexibility index (Phi) is 3.29. The van der Waals surface area contributed by atoms with Crippen molar-refractivity contribution in [3.05, 3.63) is 57.8 Å². The summed E-state index contributed by atoms with van der Waals surface area (Å²) in [6.07, 6.45) is 0. The molecule has 2 aromatic carbocycles. The topological polar surface area (TPSA) is 55.1 Å². The predicted octanol–water partition coefficient (Wildman–Crippen LogP) is 4.10. The van der Waals surface area contributed by atoms with Gasteiger partial charge >= 0.3 is 5.97 Å². The van der Waals surface area contributed by atoms with Crippen LogP contribution in [0.2, 0.25) is 0 Å². The molecule has 0 saturated heterocycles. The summed E-state index contributed by atoms with van der Waals surface area (Å²) in [4.78, 5) is 15.8. The van der Waals surface area contributed by atoms with Crippen LogP contribution in [0, 0.1) is 13.8 Å². The second kappa shape index (κ2) is 5.00. The van der Waals surface area contributed by atoms with Gasteiger partial charge in [-0.2, -0.15) is 0 Å². The molecule has 0 amide bonds. The van der Waals surface area contributed by atoms with E-state index in [1.807, 2.05) is 42.7 Å². The van der Waals surface area contributed by atoms with E-state index in [1.54, 1.807) is 12.1 Å². The lowest BCUT2D eigenvalue weighted by molar-refractivity contribution is 0.0699. The smallest absolute Gasteiger partial charge is 0.337 e. The summed E-state index contributed by atoms with van der Waals surface area (Å²) in [5.41, 5.74) is 3.62. The highest BCUT2D eigenvalue weighted by Gasteiger charge is 2.16. The van der Waals surface area contributed by atoms with Crippen molar-refractivity contribution >= 4 is 32.9 Å². The number of halogens is 1. The fraction of sp³-hybridized carbons (Fsp3) is 0.125. The van der Waals surface area contributed by atoms with E-state index in [9.17, 15) is 9.90 Å². The van der Waals surface area contributed by atoms with Crippen LogP contribution in [-0.4, -0.2) is 20.6 Å². The SMILES string of the molecule is Cc1cc(Br)cc(-n2c(C)nc3c(C(=O)O)cccc32)c1. The first-order chi connectivity index (χ1) is 9.97. The van der Waals surface area contributed by atoms with Crippen LogP contribution in [0.15, 0.2) is 40.9 Å². The number of carboxylic acids is 1. The molecule has 0 unspecified atom stereocenters. The van der Waals surface area contributed by atoms with Gasteiger partial charge in [0.1, 0.15) is 11.3 Å². The molecule has 1 heterocycles. The monoisotopic (exact) mass is 344 g/mol. The van der Waals surface area contributed by atoms with Crippen molar-refractivity contribution in [3.8, 4) is 5.69 Å². The molecule has 0 aliphatic rings. The van der Waals surface area contributed by atoms with Crippen LogP contribution in [0.5, 0.6) is 0 Å². The first-order valence-corrected chi connectivity index (χ1v) is 7.25. The van der Waals surface area contributed by atoms with Gasteiger partial charge in [0.15, 0.2) is 0 Å². The number of benzene rings is 2. The number of hydrogen-bond donors (Lipinski definition) is 1.